The minimum absolute atomic E-state index is 0.175. The summed E-state index contributed by atoms with van der Waals surface area (Å²) in [5.41, 5.74) is 5.60. The van der Waals surface area contributed by atoms with Gasteiger partial charge in [-0.3, -0.25) is 0 Å². The minimum Gasteiger partial charge on any atom is -0.333 e. The number of piperidine rings is 1. The summed E-state index contributed by atoms with van der Waals surface area (Å²) in [5, 5.41) is 3.19. The number of urea groups is 1. The van der Waals surface area contributed by atoms with E-state index in [1.807, 2.05) is 0 Å². The van der Waals surface area contributed by atoms with Crippen LogP contribution in [-0.2, 0) is 0 Å². The lowest BCUT2D eigenvalue weighted by atomic mass is 9.80. The molecule has 5 nitrogen and oxygen atoms in total. The molecule has 0 radical (unpaired) electrons. The molecule has 0 aromatic rings. The Hall–Kier alpha value is -0.810. The van der Waals surface area contributed by atoms with Crippen molar-refractivity contribution >= 4 is 6.03 Å². The second-order valence-electron chi connectivity index (χ2n) is 6.26. The van der Waals surface area contributed by atoms with Crippen LogP contribution in [0.2, 0.25) is 0 Å². The maximum atomic E-state index is 12.1. The molecule has 1 unspecified atom stereocenters. The lowest BCUT2D eigenvalue weighted by Crippen LogP contribution is -2.47. The second kappa shape index (κ2) is 5.67. The fraction of sp³-hybridized carbons (Fsp3) is 0.929. The van der Waals surface area contributed by atoms with Gasteiger partial charge in [0.1, 0.15) is 0 Å². The monoisotopic (exact) mass is 266 g/mol. The van der Waals surface area contributed by atoms with Gasteiger partial charge in [0.05, 0.1) is 6.04 Å². The van der Waals surface area contributed by atoms with Crippen LogP contribution in [0, 0.1) is 5.92 Å². The molecule has 0 aromatic heterocycles. The molecule has 0 aromatic carbocycles. The first kappa shape index (κ1) is 13.2. The highest BCUT2D eigenvalue weighted by Crippen LogP contribution is 2.32. The number of hydrogen-bond donors (Lipinski definition) is 2. The third kappa shape index (κ3) is 2.72. The molecule has 2 saturated heterocycles. The minimum atomic E-state index is 0.175. The van der Waals surface area contributed by atoms with Crippen molar-refractivity contribution in [1.29, 1.82) is 0 Å². The van der Waals surface area contributed by atoms with Crippen molar-refractivity contribution < 1.29 is 4.79 Å². The van der Waals surface area contributed by atoms with Gasteiger partial charge in [-0.25, -0.2) is 4.79 Å². The first-order valence-corrected chi connectivity index (χ1v) is 7.77. The molecule has 2 amide bonds. The van der Waals surface area contributed by atoms with Gasteiger partial charge in [0.15, 0.2) is 0 Å². The first-order chi connectivity index (χ1) is 9.28. The Morgan fingerprint density at radius 2 is 1.95 bits per heavy atom. The average molecular weight is 266 g/mol. The summed E-state index contributed by atoms with van der Waals surface area (Å²) >= 11 is 0. The molecule has 0 bridgehead atoms. The molecule has 3 fully saturated rings. The van der Waals surface area contributed by atoms with Crippen LogP contribution >= 0.6 is 0 Å². The second-order valence-corrected chi connectivity index (χ2v) is 6.26. The SMILES string of the molecule is NCCN1CCC(N2CC(C3CCC3)NC2=O)CC1. The third-order valence-electron chi connectivity index (χ3n) is 5.13. The summed E-state index contributed by atoms with van der Waals surface area (Å²) in [5.74, 6) is 0.742. The van der Waals surface area contributed by atoms with Gasteiger partial charge < -0.3 is 20.9 Å². The number of hydrogen-bond acceptors (Lipinski definition) is 3. The highest BCUT2D eigenvalue weighted by molar-refractivity contribution is 5.77. The molecule has 3 rings (SSSR count). The highest BCUT2D eigenvalue weighted by atomic mass is 16.2. The number of carbonyl (C=O) groups is 1. The Morgan fingerprint density at radius 1 is 1.21 bits per heavy atom. The van der Waals surface area contributed by atoms with Crippen LogP contribution in [0.5, 0.6) is 0 Å². The lowest BCUT2D eigenvalue weighted by molar-refractivity contribution is 0.133. The summed E-state index contributed by atoms with van der Waals surface area (Å²) in [6.45, 7) is 4.83. The largest absolute Gasteiger partial charge is 0.333 e. The van der Waals surface area contributed by atoms with Gasteiger partial charge in [-0.05, 0) is 31.6 Å². The van der Waals surface area contributed by atoms with Crippen molar-refractivity contribution in [3.05, 3.63) is 0 Å². The zero-order chi connectivity index (χ0) is 13.2. The Labute approximate surface area is 115 Å². The van der Waals surface area contributed by atoms with Crippen LogP contribution in [0.1, 0.15) is 32.1 Å². The standard InChI is InChI=1S/C14H26N4O/c15-6-9-17-7-4-12(5-8-17)18-10-13(16-14(18)19)11-2-1-3-11/h11-13H,1-10,15H2,(H,16,19). The lowest BCUT2D eigenvalue weighted by Gasteiger charge is -2.36. The molecule has 5 heteroatoms. The quantitative estimate of drug-likeness (QED) is 0.783. The molecular formula is C14H26N4O. The van der Waals surface area contributed by atoms with E-state index >= 15 is 0 Å². The van der Waals surface area contributed by atoms with Crippen molar-refractivity contribution in [3.63, 3.8) is 0 Å². The molecule has 1 aliphatic carbocycles. The Morgan fingerprint density at radius 3 is 2.53 bits per heavy atom. The van der Waals surface area contributed by atoms with Gasteiger partial charge >= 0.3 is 6.03 Å². The number of nitrogens with one attached hydrogen (secondary N) is 1. The molecule has 1 atom stereocenters. The Bertz CT molecular complexity index is 323. The van der Waals surface area contributed by atoms with Crippen LogP contribution in [0.15, 0.2) is 0 Å². The number of nitrogens with two attached hydrogens (primary N) is 1. The zero-order valence-electron chi connectivity index (χ0n) is 11.7. The number of amides is 2. The van der Waals surface area contributed by atoms with Crippen molar-refractivity contribution in [1.82, 2.24) is 15.1 Å². The number of likely N-dealkylation sites (tertiary alicyclic amines) is 1. The van der Waals surface area contributed by atoms with Crippen molar-refractivity contribution in [2.75, 3.05) is 32.7 Å². The average Bonchev–Trinajstić information content (AvgIpc) is 2.70. The predicted octanol–water partition coefficient (Wildman–Crippen LogP) is 0.603. The maximum absolute atomic E-state index is 12.1. The fourth-order valence-corrected chi connectivity index (χ4v) is 3.64. The highest BCUT2D eigenvalue weighted by Gasteiger charge is 2.39. The van der Waals surface area contributed by atoms with Crippen molar-refractivity contribution in [2.24, 2.45) is 11.7 Å². The van der Waals surface area contributed by atoms with Crippen LogP contribution in [0.3, 0.4) is 0 Å². The predicted molar refractivity (Wildman–Crippen MR) is 74.9 cm³/mol. The van der Waals surface area contributed by atoms with Crippen LogP contribution in [-0.4, -0.2) is 60.6 Å². The van der Waals surface area contributed by atoms with Crippen LogP contribution in [0.4, 0.5) is 4.79 Å². The fourth-order valence-electron chi connectivity index (χ4n) is 3.64. The molecule has 19 heavy (non-hydrogen) atoms. The zero-order valence-corrected chi connectivity index (χ0v) is 11.7. The number of rotatable bonds is 4. The molecule has 108 valence electrons. The van der Waals surface area contributed by atoms with E-state index in [1.54, 1.807) is 0 Å². The van der Waals surface area contributed by atoms with E-state index in [0.29, 0.717) is 12.1 Å². The van der Waals surface area contributed by atoms with Gasteiger partial charge in [-0.2, -0.15) is 0 Å². The van der Waals surface area contributed by atoms with Gasteiger partial charge in [0.25, 0.3) is 0 Å². The summed E-state index contributed by atoms with van der Waals surface area (Å²) < 4.78 is 0. The van der Waals surface area contributed by atoms with E-state index < -0.39 is 0 Å². The van der Waals surface area contributed by atoms with Crippen LogP contribution in [0.25, 0.3) is 0 Å². The van der Waals surface area contributed by atoms with Crippen molar-refractivity contribution in [3.8, 4) is 0 Å². The number of nitrogens with zero attached hydrogens (tertiary/aromatic N) is 2. The van der Waals surface area contributed by atoms with E-state index in [1.165, 1.54) is 19.3 Å². The molecule has 2 heterocycles. The topological polar surface area (TPSA) is 61.6 Å². The van der Waals surface area contributed by atoms with Gasteiger partial charge in [0.2, 0.25) is 0 Å². The smallest absolute Gasteiger partial charge is 0.318 e. The number of carbonyl (C=O) groups excluding carboxylic acids is 1. The van der Waals surface area contributed by atoms with E-state index in [0.717, 1.165) is 51.5 Å². The van der Waals surface area contributed by atoms with Gasteiger partial charge in [-0.1, -0.05) is 6.42 Å². The van der Waals surface area contributed by atoms with E-state index in [9.17, 15) is 4.79 Å². The van der Waals surface area contributed by atoms with Gasteiger partial charge in [0, 0.05) is 38.8 Å². The summed E-state index contributed by atoms with van der Waals surface area (Å²) in [6.07, 6.45) is 6.14. The summed E-state index contributed by atoms with van der Waals surface area (Å²) in [4.78, 5) is 16.6. The first-order valence-electron chi connectivity index (χ1n) is 7.77. The van der Waals surface area contributed by atoms with E-state index in [-0.39, 0.29) is 6.03 Å². The Kier molecular flexibility index (Phi) is 3.93. The van der Waals surface area contributed by atoms with Gasteiger partial charge in [-0.15, -0.1) is 0 Å². The van der Waals surface area contributed by atoms with E-state index in [4.69, 9.17) is 5.73 Å². The molecule has 2 aliphatic heterocycles. The summed E-state index contributed by atoms with van der Waals surface area (Å²) in [7, 11) is 0. The molecule has 0 spiro atoms. The van der Waals surface area contributed by atoms with E-state index in [2.05, 4.69) is 15.1 Å². The maximum Gasteiger partial charge on any atom is 0.318 e. The normalized spacial score (nSPS) is 30.5. The molecule has 3 aliphatic rings. The van der Waals surface area contributed by atoms with Crippen molar-refractivity contribution in [2.45, 2.75) is 44.2 Å². The van der Waals surface area contributed by atoms with Crippen LogP contribution < -0.4 is 11.1 Å². The third-order valence-corrected chi connectivity index (χ3v) is 5.13. The molecule has 3 N–H and O–H groups in total. The molecular weight excluding hydrogens is 240 g/mol. The Balaban J connectivity index is 1.51. The molecule has 1 saturated carbocycles. The summed E-state index contributed by atoms with van der Waals surface area (Å²) in [6, 6.07) is 1.04.